The molecule has 0 aromatic heterocycles. The number of hydrogen-bond donors (Lipinski definition) is 1. The highest BCUT2D eigenvalue weighted by molar-refractivity contribution is 5.47. The number of benzene rings is 1. The molecule has 0 aliphatic carbocycles. The summed E-state index contributed by atoms with van der Waals surface area (Å²) < 4.78 is 0. The molecule has 0 aliphatic rings. The fourth-order valence-electron chi connectivity index (χ4n) is 1.91. The first-order valence-electron chi connectivity index (χ1n) is 6.02. The normalized spacial score (nSPS) is 11.6. The zero-order chi connectivity index (χ0) is 12.2. The number of hydrogen-bond acceptors (Lipinski definition) is 2. The van der Waals surface area contributed by atoms with Gasteiger partial charge in [-0.25, -0.2) is 0 Å². The van der Waals surface area contributed by atoms with Crippen molar-refractivity contribution in [3.05, 3.63) is 29.8 Å². The van der Waals surface area contributed by atoms with Gasteiger partial charge in [-0.1, -0.05) is 12.1 Å². The van der Waals surface area contributed by atoms with E-state index in [1.807, 2.05) is 13.8 Å². The topological polar surface area (TPSA) is 23.5 Å². The first-order chi connectivity index (χ1) is 7.46. The Morgan fingerprint density at radius 1 is 1.06 bits per heavy atom. The van der Waals surface area contributed by atoms with Crippen molar-refractivity contribution in [1.82, 2.24) is 0 Å². The summed E-state index contributed by atoms with van der Waals surface area (Å²) in [4.78, 5) is 2.31. The fraction of sp³-hybridized carbons (Fsp3) is 0.571. The molecule has 0 unspecified atom stereocenters. The molecule has 2 heteroatoms. The third-order valence-corrected chi connectivity index (χ3v) is 2.70. The molecule has 0 saturated carbocycles. The second-order valence-corrected chi connectivity index (χ2v) is 4.83. The maximum absolute atomic E-state index is 9.73. The zero-order valence-electron chi connectivity index (χ0n) is 10.8. The Hall–Kier alpha value is -1.02. The molecular weight excluding hydrogens is 198 g/mol. The minimum absolute atomic E-state index is 0.628. The van der Waals surface area contributed by atoms with Gasteiger partial charge in [0.05, 0.1) is 5.60 Å². The molecule has 1 N–H and O–H groups in total. The highest BCUT2D eigenvalue weighted by Gasteiger charge is 2.13. The molecule has 90 valence electrons. The van der Waals surface area contributed by atoms with E-state index in [-0.39, 0.29) is 0 Å². The minimum Gasteiger partial charge on any atom is -0.390 e. The molecule has 0 amide bonds. The van der Waals surface area contributed by atoms with Crippen LogP contribution >= 0.6 is 0 Å². The molecule has 0 atom stereocenters. The summed E-state index contributed by atoms with van der Waals surface area (Å²) >= 11 is 0. The quantitative estimate of drug-likeness (QED) is 0.826. The van der Waals surface area contributed by atoms with Crippen molar-refractivity contribution in [2.45, 2.75) is 39.7 Å². The summed E-state index contributed by atoms with van der Waals surface area (Å²) in [5.41, 5.74) is 1.81. The number of aliphatic hydroxyl groups is 1. The molecule has 1 rings (SSSR count). The standard InChI is InChI=1S/C14H23NO/c1-5-15(6-2)13-9-7-12(8-10-13)11-14(3,4)16/h7-10,16H,5-6,11H2,1-4H3. The Labute approximate surface area is 98.9 Å². The van der Waals surface area contributed by atoms with Gasteiger partial charge >= 0.3 is 0 Å². The Morgan fingerprint density at radius 2 is 1.56 bits per heavy atom. The second-order valence-electron chi connectivity index (χ2n) is 4.83. The van der Waals surface area contributed by atoms with Crippen LogP contribution in [0.2, 0.25) is 0 Å². The van der Waals surface area contributed by atoms with Crippen molar-refractivity contribution in [2.24, 2.45) is 0 Å². The molecule has 2 nitrogen and oxygen atoms in total. The smallest absolute Gasteiger partial charge is 0.0631 e. The lowest BCUT2D eigenvalue weighted by Crippen LogP contribution is -2.23. The fourth-order valence-corrected chi connectivity index (χ4v) is 1.91. The van der Waals surface area contributed by atoms with E-state index in [9.17, 15) is 5.11 Å². The van der Waals surface area contributed by atoms with Gasteiger partial charge in [0.2, 0.25) is 0 Å². The van der Waals surface area contributed by atoms with Gasteiger partial charge in [0.25, 0.3) is 0 Å². The van der Waals surface area contributed by atoms with Crippen LogP contribution in [0.5, 0.6) is 0 Å². The van der Waals surface area contributed by atoms with Crippen molar-refractivity contribution < 1.29 is 5.11 Å². The van der Waals surface area contributed by atoms with Crippen LogP contribution in [0.25, 0.3) is 0 Å². The molecule has 0 spiro atoms. The molecule has 16 heavy (non-hydrogen) atoms. The molecule has 0 aliphatic heterocycles. The Kier molecular flexibility index (Phi) is 4.36. The first-order valence-corrected chi connectivity index (χ1v) is 6.02. The van der Waals surface area contributed by atoms with Crippen molar-refractivity contribution in [2.75, 3.05) is 18.0 Å². The van der Waals surface area contributed by atoms with Gasteiger partial charge in [-0.15, -0.1) is 0 Å². The van der Waals surface area contributed by atoms with Crippen LogP contribution in [0.3, 0.4) is 0 Å². The highest BCUT2D eigenvalue weighted by Crippen LogP contribution is 2.18. The van der Waals surface area contributed by atoms with Gasteiger partial charge in [0.15, 0.2) is 0 Å². The van der Waals surface area contributed by atoms with E-state index in [0.29, 0.717) is 6.42 Å². The van der Waals surface area contributed by atoms with Crippen LogP contribution in [0, 0.1) is 0 Å². The van der Waals surface area contributed by atoms with Crippen molar-refractivity contribution in [1.29, 1.82) is 0 Å². The monoisotopic (exact) mass is 221 g/mol. The van der Waals surface area contributed by atoms with Gasteiger partial charge < -0.3 is 10.0 Å². The van der Waals surface area contributed by atoms with Crippen LogP contribution < -0.4 is 4.90 Å². The van der Waals surface area contributed by atoms with E-state index in [2.05, 4.69) is 43.0 Å². The average Bonchev–Trinajstić information content (AvgIpc) is 2.20. The maximum Gasteiger partial charge on any atom is 0.0631 e. The van der Waals surface area contributed by atoms with Gasteiger partial charge in [-0.05, 0) is 45.4 Å². The number of rotatable bonds is 5. The molecule has 1 aromatic rings. The molecular formula is C14H23NO. The van der Waals surface area contributed by atoms with Gasteiger partial charge in [0.1, 0.15) is 0 Å². The second kappa shape index (κ2) is 5.35. The molecule has 0 heterocycles. The molecule has 0 saturated heterocycles. The number of nitrogens with zero attached hydrogens (tertiary/aromatic N) is 1. The Bertz CT molecular complexity index is 307. The largest absolute Gasteiger partial charge is 0.390 e. The van der Waals surface area contributed by atoms with Crippen molar-refractivity contribution in [3.63, 3.8) is 0 Å². The van der Waals surface area contributed by atoms with Crippen molar-refractivity contribution >= 4 is 5.69 Å². The van der Waals surface area contributed by atoms with Crippen LogP contribution in [-0.4, -0.2) is 23.8 Å². The van der Waals surface area contributed by atoms with E-state index >= 15 is 0 Å². The highest BCUT2D eigenvalue weighted by atomic mass is 16.3. The summed E-state index contributed by atoms with van der Waals surface area (Å²) in [6, 6.07) is 8.47. The van der Waals surface area contributed by atoms with E-state index in [4.69, 9.17) is 0 Å². The lowest BCUT2D eigenvalue weighted by atomic mass is 9.98. The third-order valence-electron chi connectivity index (χ3n) is 2.70. The van der Waals surface area contributed by atoms with Gasteiger partial charge in [-0.3, -0.25) is 0 Å². The predicted octanol–water partition coefficient (Wildman–Crippen LogP) is 2.85. The van der Waals surface area contributed by atoms with Crippen LogP contribution in [0.15, 0.2) is 24.3 Å². The summed E-state index contributed by atoms with van der Waals surface area (Å²) in [7, 11) is 0. The van der Waals surface area contributed by atoms with E-state index in [1.165, 1.54) is 11.3 Å². The summed E-state index contributed by atoms with van der Waals surface area (Å²) in [5.74, 6) is 0. The molecule has 0 bridgehead atoms. The molecule has 0 fully saturated rings. The van der Waals surface area contributed by atoms with Gasteiger partial charge in [-0.2, -0.15) is 0 Å². The van der Waals surface area contributed by atoms with E-state index < -0.39 is 5.60 Å². The predicted molar refractivity (Wildman–Crippen MR) is 70.0 cm³/mol. The minimum atomic E-state index is -0.628. The first kappa shape index (κ1) is 13.0. The lowest BCUT2D eigenvalue weighted by Gasteiger charge is -2.22. The Balaban J connectivity index is 2.75. The third kappa shape index (κ3) is 3.86. The van der Waals surface area contributed by atoms with Crippen LogP contribution in [-0.2, 0) is 6.42 Å². The zero-order valence-corrected chi connectivity index (χ0v) is 10.8. The van der Waals surface area contributed by atoms with Gasteiger partial charge in [0, 0.05) is 25.2 Å². The van der Waals surface area contributed by atoms with E-state index in [1.54, 1.807) is 0 Å². The SMILES string of the molecule is CCN(CC)c1ccc(CC(C)(C)O)cc1. The van der Waals surface area contributed by atoms with E-state index in [0.717, 1.165) is 13.1 Å². The van der Waals surface area contributed by atoms with Crippen molar-refractivity contribution in [3.8, 4) is 0 Å². The molecule has 0 radical (unpaired) electrons. The number of anilines is 1. The maximum atomic E-state index is 9.73. The van der Waals surface area contributed by atoms with Crippen LogP contribution in [0.4, 0.5) is 5.69 Å². The average molecular weight is 221 g/mol. The molecule has 1 aromatic carbocycles. The lowest BCUT2D eigenvalue weighted by molar-refractivity contribution is 0.0810. The Morgan fingerprint density at radius 3 is 1.94 bits per heavy atom. The summed E-state index contributed by atoms with van der Waals surface area (Å²) in [5, 5.41) is 9.73. The van der Waals surface area contributed by atoms with Crippen LogP contribution in [0.1, 0.15) is 33.3 Å². The summed E-state index contributed by atoms with van der Waals surface area (Å²) in [6.07, 6.45) is 0.700. The summed E-state index contributed by atoms with van der Waals surface area (Å²) in [6.45, 7) is 10.1.